The zero-order valence-electron chi connectivity index (χ0n) is 12.2. The number of aromatic hydroxyl groups is 1. The van der Waals surface area contributed by atoms with E-state index >= 15 is 0 Å². The van der Waals surface area contributed by atoms with Crippen molar-refractivity contribution in [2.24, 2.45) is 0 Å². The monoisotopic (exact) mass is 297 g/mol. The molecule has 0 saturated carbocycles. The fraction of sp³-hybridized carbons (Fsp3) is 0.278. The van der Waals surface area contributed by atoms with E-state index in [1.807, 2.05) is 24.3 Å². The zero-order chi connectivity index (χ0) is 15.5. The Bertz CT molecular complexity index is 669. The van der Waals surface area contributed by atoms with Crippen LogP contribution in [0.4, 0.5) is 4.79 Å². The smallest absolute Gasteiger partial charge is 0.404 e. The highest BCUT2D eigenvalue weighted by Gasteiger charge is 2.31. The van der Waals surface area contributed by atoms with Crippen LogP contribution in [0.25, 0.3) is 0 Å². The van der Waals surface area contributed by atoms with Crippen molar-refractivity contribution in [1.29, 1.82) is 0 Å². The molecule has 0 aromatic heterocycles. The minimum atomic E-state index is -0.994. The van der Waals surface area contributed by atoms with Gasteiger partial charge in [0, 0.05) is 12.0 Å². The van der Waals surface area contributed by atoms with Crippen LogP contribution < -0.4 is 5.32 Å². The maximum Gasteiger partial charge on any atom is 0.404 e. The third-order valence-electron chi connectivity index (χ3n) is 4.35. The highest BCUT2D eigenvalue weighted by atomic mass is 16.4. The Hall–Kier alpha value is -2.49. The van der Waals surface area contributed by atoms with Crippen molar-refractivity contribution in [2.75, 3.05) is 0 Å². The fourth-order valence-electron chi connectivity index (χ4n) is 3.34. The predicted octanol–water partition coefficient (Wildman–Crippen LogP) is 3.30. The standard InChI is InChI=1S/C18H19NO3/c20-14-8-6-13-7-9-17(19-18(21)22)16(15(13)11-14)10-12-4-2-1-3-5-12/h1-6,8,11,16-17,19-20H,7,9-10H2,(H,21,22). The molecule has 0 radical (unpaired) electrons. The third kappa shape index (κ3) is 3.06. The molecule has 2 aromatic carbocycles. The Morgan fingerprint density at radius 1 is 1.18 bits per heavy atom. The number of benzene rings is 2. The number of nitrogens with one attached hydrogen (secondary N) is 1. The number of amides is 1. The second-order valence-electron chi connectivity index (χ2n) is 5.77. The average molecular weight is 297 g/mol. The molecule has 1 aliphatic carbocycles. The zero-order valence-corrected chi connectivity index (χ0v) is 12.2. The Balaban J connectivity index is 1.95. The van der Waals surface area contributed by atoms with Gasteiger partial charge in [0.25, 0.3) is 0 Å². The number of phenolic OH excluding ortho intramolecular Hbond substituents is 1. The number of carbonyl (C=O) groups is 1. The van der Waals surface area contributed by atoms with E-state index in [4.69, 9.17) is 5.11 Å². The lowest BCUT2D eigenvalue weighted by Crippen LogP contribution is -2.42. The Morgan fingerprint density at radius 2 is 1.95 bits per heavy atom. The van der Waals surface area contributed by atoms with E-state index in [0.29, 0.717) is 0 Å². The van der Waals surface area contributed by atoms with Gasteiger partial charge in [0.1, 0.15) is 5.75 Å². The van der Waals surface area contributed by atoms with E-state index in [9.17, 15) is 9.90 Å². The van der Waals surface area contributed by atoms with E-state index in [-0.39, 0.29) is 17.7 Å². The average Bonchev–Trinajstić information content (AvgIpc) is 2.50. The van der Waals surface area contributed by atoms with Gasteiger partial charge in [-0.15, -0.1) is 0 Å². The van der Waals surface area contributed by atoms with Crippen molar-refractivity contribution in [3.63, 3.8) is 0 Å². The lowest BCUT2D eigenvalue weighted by Gasteiger charge is -2.34. The molecule has 114 valence electrons. The molecule has 2 atom stereocenters. The first-order chi connectivity index (χ1) is 10.6. The molecule has 1 aliphatic rings. The van der Waals surface area contributed by atoms with E-state index in [2.05, 4.69) is 17.4 Å². The first kappa shape index (κ1) is 14.4. The van der Waals surface area contributed by atoms with Crippen LogP contribution in [-0.4, -0.2) is 22.3 Å². The van der Waals surface area contributed by atoms with Crippen LogP contribution in [0.15, 0.2) is 48.5 Å². The first-order valence-electron chi connectivity index (χ1n) is 7.48. The molecule has 0 heterocycles. The van der Waals surface area contributed by atoms with Crippen molar-refractivity contribution in [3.05, 3.63) is 65.2 Å². The van der Waals surface area contributed by atoms with Gasteiger partial charge in [-0.05, 0) is 48.1 Å². The third-order valence-corrected chi connectivity index (χ3v) is 4.35. The Kier molecular flexibility index (Phi) is 4.00. The summed E-state index contributed by atoms with van der Waals surface area (Å²) >= 11 is 0. The lowest BCUT2D eigenvalue weighted by atomic mass is 9.76. The van der Waals surface area contributed by atoms with Crippen molar-refractivity contribution in [1.82, 2.24) is 5.32 Å². The summed E-state index contributed by atoms with van der Waals surface area (Å²) in [5, 5.41) is 21.5. The quantitative estimate of drug-likeness (QED) is 0.814. The second-order valence-corrected chi connectivity index (χ2v) is 5.77. The van der Waals surface area contributed by atoms with Crippen LogP contribution >= 0.6 is 0 Å². The van der Waals surface area contributed by atoms with E-state index in [0.717, 1.165) is 24.8 Å². The molecular formula is C18H19NO3. The molecule has 0 spiro atoms. The van der Waals surface area contributed by atoms with Gasteiger partial charge in [0.2, 0.25) is 0 Å². The molecule has 22 heavy (non-hydrogen) atoms. The molecule has 3 N–H and O–H groups in total. The maximum absolute atomic E-state index is 11.1. The van der Waals surface area contributed by atoms with Crippen molar-refractivity contribution in [3.8, 4) is 5.75 Å². The summed E-state index contributed by atoms with van der Waals surface area (Å²) in [6.45, 7) is 0. The number of aryl methyl sites for hydroxylation is 1. The summed E-state index contributed by atoms with van der Waals surface area (Å²) in [7, 11) is 0. The first-order valence-corrected chi connectivity index (χ1v) is 7.48. The van der Waals surface area contributed by atoms with Crippen LogP contribution in [0.3, 0.4) is 0 Å². The summed E-state index contributed by atoms with van der Waals surface area (Å²) in [5.41, 5.74) is 3.41. The summed E-state index contributed by atoms with van der Waals surface area (Å²) in [6, 6.07) is 15.3. The normalized spacial score (nSPS) is 20.2. The number of rotatable bonds is 3. The molecule has 0 bridgehead atoms. The SMILES string of the molecule is O=C(O)NC1CCc2ccc(O)cc2C1Cc1ccccc1. The van der Waals surface area contributed by atoms with Gasteiger partial charge in [0.05, 0.1) is 0 Å². The molecule has 2 unspecified atom stereocenters. The number of fused-ring (bicyclic) bond motifs is 1. The van der Waals surface area contributed by atoms with Gasteiger partial charge in [0.15, 0.2) is 0 Å². The van der Waals surface area contributed by atoms with E-state index in [1.54, 1.807) is 12.1 Å². The van der Waals surface area contributed by atoms with Crippen molar-refractivity contribution in [2.45, 2.75) is 31.2 Å². The fourth-order valence-corrected chi connectivity index (χ4v) is 3.34. The summed E-state index contributed by atoms with van der Waals surface area (Å²) in [5.74, 6) is 0.266. The van der Waals surface area contributed by atoms with E-state index in [1.165, 1.54) is 11.1 Å². The van der Waals surface area contributed by atoms with Gasteiger partial charge in [-0.25, -0.2) is 4.79 Å². The highest BCUT2D eigenvalue weighted by molar-refractivity contribution is 5.65. The molecular weight excluding hydrogens is 278 g/mol. The Morgan fingerprint density at radius 3 is 2.68 bits per heavy atom. The van der Waals surface area contributed by atoms with Crippen molar-refractivity contribution >= 4 is 6.09 Å². The van der Waals surface area contributed by atoms with Crippen LogP contribution in [0.2, 0.25) is 0 Å². The van der Waals surface area contributed by atoms with Crippen LogP contribution in [0.1, 0.15) is 29.0 Å². The van der Waals surface area contributed by atoms with Crippen LogP contribution in [0, 0.1) is 0 Å². The van der Waals surface area contributed by atoms with Crippen molar-refractivity contribution < 1.29 is 15.0 Å². The molecule has 3 rings (SSSR count). The largest absolute Gasteiger partial charge is 0.508 e. The van der Waals surface area contributed by atoms with Gasteiger partial charge in [-0.2, -0.15) is 0 Å². The number of hydrogen-bond donors (Lipinski definition) is 3. The molecule has 0 aliphatic heterocycles. The van der Waals surface area contributed by atoms with E-state index < -0.39 is 6.09 Å². The molecule has 4 nitrogen and oxygen atoms in total. The molecule has 0 fully saturated rings. The minimum absolute atomic E-state index is 0.0364. The topological polar surface area (TPSA) is 69.6 Å². The summed E-state index contributed by atoms with van der Waals surface area (Å²) < 4.78 is 0. The second kappa shape index (κ2) is 6.10. The minimum Gasteiger partial charge on any atom is -0.508 e. The van der Waals surface area contributed by atoms with Crippen LogP contribution in [-0.2, 0) is 12.8 Å². The Labute approximate surface area is 129 Å². The molecule has 0 saturated heterocycles. The highest BCUT2D eigenvalue weighted by Crippen LogP contribution is 2.36. The maximum atomic E-state index is 11.1. The van der Waals surface area contributed by atoms with Gasteiger partial charge >= 0.3 is 6.09 Å². The molecule has 1 amide bonds. The van der Waals surface area contributed by atoms with Gasteiger partial charge in [-0.3, -0.25) is 0 Å². The van der Waals surface area contributed by atoms with Gasteiger partial charge < -0.3 is 15.5 Å². The van der Waals surface area contributed by atoms with Crippen LogP contribution in [0.5, 0.6) is 5.75 Å². The van der Waals surface area contributed by atoms with Gasteiger partial charge in [-0.1, -0.05) is 36.4 Å². The molecule has 2 aromatic rings. The summed E-state index contributed by atoms with van der Waals surface area (Å²) in [4.78, 5) is 11.1. The number of phenols is 1. The number of carboxylic acid groups (broad SMARTS) is 1. The molecule has 4 heteroatoms. The lowest BCUT2D eigenvalue weighted by molar-refractivity contribution is 0.185. The predicted molar refractivity (Wildman–Crippen MR) is 84.3 cm³/mol. The number of hydrogen-bond acceptors (Lipinski definition) is 2. The summed E-state index contributed by atoms with van der Waals surface area (Å²) in [6.07, 6.45) is 1.36.